The summed E-state index contributed by atoms with van der Waals surface area (Å²) in [6, 6.07) is 10.2. The highest BCUT2D eigenvalue weighted by Crippen LogP contribution is 2.60. The van der Waals surface area contributed by atoms with Crippen LogP contribution >= 0.6 is 0 Å². The molecule has 6 unspecified atom stereocenters. The van der Waals surface area contributed by atoms with Crippen molar-refractivity contribution in [2.45, 2.75) is 77.0 Å². The molecular weight excluding hydrogens is 344 g/mol. The second-order valence-electron chi connectivity index (χ2n) is 9.07. The zero-order chi connectivity index (χ0) is 18.6. The lowest BCUT2D eigenvalue weighted by atomic mass is 9.58. The van der Waals surface area contributed by atoms with Gasteiger partial charge in [0.05, 0.1) is 6.61 Å². The summed E-state index contributed by atoms with van der Waals surface area (Å²) in [6.07, 6.45) is 3.45. The van der Waals surface area contributed by atoms with E-state index in [-0.39, 0.29) is 12.2 Å². The van der Waals surface area contributed by atoms with Gasteiger partial charge in [-0.3, -0.25) is 0 Å². The Morgan fingerprint density at radius 2 is 1.85 bits per heavy atom. The molecular formula is C22H30O5. The van der Waals surface area contributed by atoms with Crippen molar-refractivity contribution in [2.75, 3.05) is 0 Å². The van der Waals surface area contributed by atoms with Crippen LogP contribution in [-0.2, 0) is 30.6 Å². The van der Waals surface area contributed by atoms with Gasteiger partial charge in [0.15, 0.2) is 18.2 Å². The Bertz CT molecular complexity index is 681. The molecule has 5 nitrogen and oxygen atoms in total. The van der Waals surface area contributed by atoms with Gasteiger partial charge in [-0.2, -0.15) is 0 Å². The van der Waals surface area contributed by atoms with Crippen molar-refractivity contribution in [3.63, 3.8) is 0 Å². The molecule has 8 atom stereocenters. The second-order valence-corrected chi connectivity index (χ2v) is 9.07. The molecule has 0 N–H and O–H groups in total. The van der Waals surface area contributed by atoms with Crippen LogP contribution in [0.25, 0.3) is 0 Å². The summed E-state index contributed by atoms with van der Waals surface area (Å²) < 4.78 is 19.0. The van der Waals surface area contributed by atoms with Crippen molar-refractivity contribution in [2.24, 2.45) is 23.7 Å². The van der Waals surface area contributed by atoms with E-state index in [1.807, 2.05) is 25.1 Å². The van der Waals surface area contributed by atoms with E-state index in [0.29, 0.717) is 24.4 Å². The molecule has 0 radical (unpaired) electrons. The Morgan fingerprint density at radius 1 is 1.04 bits per heavy atom. The molecule has 4 aliphatic heterocycles. The fourth-order valence-corrected chi connectivity index (χ4v) is 5.82. The van der Waals surface area contributed by atoms with Crippen LogP contribution in [-0.4, -0.2) is 24.0 Å². The highest BCUT2D eigenvalue weighted by Gasteiger charge is 2.69. The molecule has 1 aromatic rings. The standard InChI is InChI=1S/C22H30O5/c1-14-9-10-18-15(2)19(23-13-16-7-5-4-6-8-16)24-20-22(18)17(14)11-12-21(3,25-20)26-27-22/h4-8,14-15,17-20H,9-13H2,1-3H3/t14?,15-,17?,18?,19?,20?,21?,22-/m1/s1. The molecule has 5 heteroatoms. The summed E-state index contributed by atoms with van der Waals surface area (Å²) in [6.45, 7) is 7.05. The number of benzene rings is 1. The van der Waals surface area contributed by atoms with Crippen molar-refractivity contribution in [3.05, 3.63) is 35.9 Å². The maximum absolute atomic E-state index is 6.43. The molecule has 1 aliphatic carbocycles. The number of ether oxygens (including phenoxy) is 3. The molecule has 1 saturated carbocycles. The number of rotatable bonds is 3. The quantitative estimate of drug-likeness (QED) is 0.734. The van der Waals surface area contributed by atoms with E-state index in [1.165, 1.54) is 6.42 Å². The maximum Gasteiger partial charge on any atom is 0.201 e. The van der Waals surface area contributed by atoms with Crippen molar-refractivity contribution in [1.82, 2.24) is 0 Å². The van der Waals surface area contributed by atoms with Gasteiger partial charge in [0.1, 0.15) is 0 Å². The second kappa shape index (κ2) is 6.53. The first-order valence-electron chi connectivity index (χ1n) is 10.4. The first kappa shape index (κ1) is 18.1. The molecule has 4 heterocycles. The summed E-state index contributed by atoms with van der Waals surface area (Å²) in [5.74, 6) is 0.759. The molecule has 1 spiro atoms. The van der Waals surface area contributed by atoms with Gasteiger partial charge < -0.3 is 14.2 Å². The van der Waals surface area contributed by atoms with Crippen LogP contribution < -0.4 is 0 Å². The maximum atomic E-state index is 6.43. The van der Waals surface area contributed by atoms with Gasteiger partial charge in [0, 0.05) is 18.3 Å². The fraction of sp³-hybridized carbons (Fsp3) is 0.727. The predicted molar refractivity (Wildman–Crippen MR) is 98.1 cm³/mol. The molecule has 4 saturated heterocycles. The topological polar surface area (TPSA) is 46.2 Å². The molecule has 0 aromatic heterocycles. The van der Waals surface area contributed by atoms with Crippen LogP contribution in [0.4, 0.5) is 0 Å². The zero-order valence-electron chi connectivity index (χ0n) is 16.4. The van der Waals surface area contributed by atoms with Crippen molar-refractivity contribution in [3.8, 4) is 0 Å². The highest BCUT2D eigenvalue weighted by molar-refractivity contribution is 5.14. The lowest BCUT2D eigenvalue weighted by molar-refractivity contribution is -0.577. The summed E-state index contributed by atoms with van der Waals surface area (Å²) in [5.41, 5.74) is 0.637. The van der Waals surface area contributed by atoms with E-state index in [1.54, 1.807) is 0 Å². The molecule has 1 aromatic carbocycles. The van der Waals surface area contributed by atoms with Crippen molar-refractivity contribution in [1.29, 1.82) is 0 Å². The lowest BCUT2D eigenvalue weighted by Gasteiger charge is -2.60. The molecule has 2 bridgehead atoms. The minimum Gasteiger partial charge on any atom is -0.348 e. The van der Waals surface area contributed by atoms with E-state index in [4.69, 9.17) is 24.0 Å². The average molecular weight is 374 g/mol. The smallest absolute Gasteiger partial charge is 0.201 e. The third-order valence-electron chi connectivity index (χ3n) is 7.35. The van der Waals surface area contributed by atoms with Crippen molar-refractivity contribution < 1.29 is 24.0 Å². The van der Waals surface area contributed by atoms with E-state index < -0.39 is 17.7 Å². The Balaban J connectivity index is 1.43. The van der Waals surface area contributed by atoms with Crippen LogP contribution in [0.5, 0.6) is 0 Å². The van der Waals surface area contributed by atoms with Crippen LogP contribution in [0.1, 0.15) is 52.0 Å². The minimum absolute atomic E-state index is 0.217. The largest absolute Gasteiger partial charge is 0.348 e. The van der Waals surface area contributed by atoms with E-state index >= 15 is 0 Å². The SMILES string of the molecule is CC1CCC2[C@@H](C)C(OCc3ccccc3)OC3OC4(C)CCC1[C@]32OO4. The number of hydrogen-bond donors (Lipinski definition) is 0. The zero-order valence-corrected chi connectivity index (χ0v) is 16.4. The molecule has 0 amide bonds. The Labute approximate surface area is 161 Å². The van der Waals surface area contributed by atoms with Gasteiger partial charge in [0.25, 0.3) is 0 Å². The van der Waals surface area contributed by atoms with Gasteiger partial charge in [-0.05, 0) is 43.6 Å². The summed E-state index contributed by atoms with van der Waals surface area (Å²) in [5, 5.41) is 0. The first-order valence-corrected chi connectivity index (χ1v) is 10.4. The van der Waals surface area contributed by atoms with Gasteiger partial charge in [-0.25, -0.2) is 9.78 Å². The minimum atomic E-state index is -0.734. The number of fused-ring (bicyclic) bond motifs is 2. The Morgan fingerprint density at radius 3 is 2.67 bits per heavy atom. The average Bonchev–Trinajstić information content (AvgIpc) is 2.90. The lowest BCUT2D eigenvalue weighted by Crippen LogP contribution is -2.70. The van der Waals surface area contributed by atoms with Gasteiger partial charge in [-0.1, -0.05) is 44.2 Å². The van der Waals surface area contributed by atoms with Gasteiger partial charge in [0.2, 0.25) is 5.79 Å². The van der Waals surface area contributed by atoms with E-state index in [9.17, 15) is 0 Å². The summed E-state index contributed by atoms with van der Waals surface area (Å²) in [4.78, 5) is 12.0. The first-order chi connectivity index (χ1) is 13.0. The molecule has 5 fully saturated rings. The van der Waals surface area contributed by atoms with Crippen LogP contribution in [0.15, 0.2) is 30.3 Å². The summed E-state index contributed by atoms with van der Waals surface area (Å²) in [7, 11) is 0. The molecule has 5 aliphatic rings. The third kappa shape index (κ3) is 2.78. The summed E-state index contributed by atoms with van der Waals surface area (Å²) >= 11 is 0. The molecule has 6 rings (SSSR count). The fourth-order valence-electron chi connectivity index (χ4n) is 5.82. The van der Waals surface area contributed by atoms with Crippen LogP contribution in [0, 0.1) is 23.7 Å². The third-order valence-corrected chi connectivity index (χ3v) is 7.35. The molecule has 27 heavy (non-hydrogen) atoms. The highest BCUT2D eigenvalue weighted by atomic mass is 17.3. The Hall–Kier alpha value is -0.980. The van der Waals surface area contributed by atoms with E-state index in [0.717, 1.165) is 24.8 Å². The predicted octanol–water partition coefficient (Wildman–Crippen LogP) is 4.41. The molecule has 148 valence electrons. The van der Waals surface area contributed by atoms with E-state index in [2.05, 4.69) is 26.0 Å². The Kier molecular flexibility index (Phi) is 4.37. The van der Waals surface area contributed by atoms with Gasteiger partial charge in [-0.15, -0.1) is 0 Å². The van der Waals surface area contributed by atoms with Crippen molar-refractivity contribution >= 4 is 0 Å². The number of hydrogen-bond acceptors (Lipinski definition) is 5. The van der Waals surface area contributed by atoms with Gasteiger partial charge >= 0.3 is 0 Å². The van der Waals surface area contributed by atoms with Crippen LogP contribution in [0.2, 0.25) is 0 Å². The monoisotopic (exact) mass is 374 g/mol. The normalized spacial score (nSPS) is 48.7. The van der Waals surface area contributed by atoms with Crippen LogP contribution in [0.3, 0.4) is 0 Å².